The molecule has 0 amide bonds. The van der Waals surface area contributed by atoms with Crippen LogP contribution in [0.25, 0.3) is 131 Å². The van der Waals surface area contributed by atoms with Crippen LogP contribution in [0.15, 0.2) is 186 Å². The first-order valence-corrected chi connectivity index (χ1v) is 19.1. The molecule has 252 valence electrons. The van der Waals surface area contributed by atoms with Gasteiger partial charge in [-0.25, -0.2) is 0 Å². The summed E-state index contributed by atoms with van der Waals surface area (Å²) < 4.78 is 6.56. The normalized spacial score (nSPS) is 12.4. The Hall–Kier alpha value is -7.22. The number of benzene rings is 12. The summed E-state index contributed by atoms with van der Waals surface area (Å²) in [5.74, 6) is 0. The second kappa shape index (κ2) is 10.7. The molecular weight excluding hydrogens is 665 g/mol. The predicted molar refractivity (Wildman–Crippen MR) is 235 cm³/mol. The van der Waals surface area contributed by atoms with E-state index in [2.05, 4.69) is 182 Å². The van der Waals surface area contributed by atoms with Crippen LogP contribution in [0.5, 0.6) is 0 Å². The smallest absolute Gasteiger partial charge is 0.143 e. The fraction of sp³-hybridized carbons (Fsp3) is 0. The molecule has 0 aliphatic heterocycles. The van der Waals surface area contributed by atoms with E-state index >= 15 is 0 Å². The highest BCUT2D eigenvalue weighted by Crippen LogP contribution is 2.46. The van der Waals surface area contributed by atoms with Crippen molar-refractivity contribution in [2.75, 3.05) is 0 Å². The molecule has 0 bridgehead atoms. The SMILES string of the molecule is c1ccc2c(c1)ccc1c3cc(-c4ccc(-c5ccc6ccc7cccc8ccc5c6c78)cc4-c4ccc5ccc6cccc7ccc4c5c67)ccc3oc21. The maximum atomic E-state index is 6.56. The van der Waals surface area contributed by atoms with Crippen molar-refractivity contribution in [2.24, 2.45) is 0 Å². The number of rotatable bonds is 3. The Balaban J connectivity index is 1.10. The van der Waals surface area contributed by atoms with Gasteiger partial charge in [0.05, 0.1) is 0 Å². The first-order chi connectivity index (χ1) is 27.2. The molecule has 1 heterocycles. The number of hydrogen-bond donors (Lipinski definition) is 0. The van der Waals surface area contributed by atoms with Gasteiger partial charge in [-0.05, 0) is 128 Å². The average Bonchev–Trinajstić information content (AvgIpc) is 3.63. The van der Waals surface area contributed by atoms with Crippen LogP contribution in [0.2, 0.25) is 0 Å². The lowest BCUT2D eigenvalue weighted by molar-refractivity contribution is 0.672. The van der Waals surface area contributed by atoms with Gasteiger partial charge in [0.1, 0.15) is 11.2 Å². The van der Waals surface area contributed by atoms with Crippen molar-refractivity contribution in [1.29, 1.82) is 0 Å². The van der Waals surface area contributed by atoms with Crippen LogP contribution in [-0.2, 0) is 0 Å². The highest BCUT2D eigenvalue weighted by molar-refractivity contribution is 6.27. The maximum absolute atomic E-state index is 6.56. The van der Waals surface area contributed by atoms with Gasteiger partial charge in [0, 0.05) is 16.2 Å². The fourth-order valence-electron chi connectivity index (χ4n) is 9.82. The second-order valence-electron chi connectivity index (χ2n) is 15.2. The van der Waals surface area contributed by atoms with Crippen LogP contribution in [0.1, 0.15) is 0 Å². The first kappa shape index (κ1) is 29.3. The highest BCUT2D eigenvalue weighted by Gasteiger charge is 2.19. The van der Waals surface area contributed by atoms with Crippen molar-refractivity contribution in [1.82, 2.24) is 0 Å². The molecule has 0 saturated carbocycles. The van der Waals surface area contributed by atoms with Crippen molar-refractivity contribution in [3.05, 3.63) is 182 Å². The van der Waals surface area contributed by atoms with Gasteiger partial charge in [0.25, 0.3) is 0 Å². The van der Waals surface area contributed by atoms with Crippen LogP contribution in [0.4, 0.5) is 0 Å². The van der Waals surface area contributed by atoms with Crippen LogP contribution >= 0.6 is 0 Å². The summed E-state index contributed by atoms with van der Waals surface area (Å²) in [7, 11) is 0. The molecule has 1 nitrogen and oxygen atoms in total. The van der Waals surface area contributed by atoms with Crippen LogP contribution in [-0.4, -0.2) is 0 Å². The zero-order valence-electron chi connectivity index (χ0n) is 29.7. The van der Waals surface area contributed by atoms with E-state index in [0.717, 1.165) is 27.3 Å². The molecule has 55 heavy (non-hydrogen) atoms. The van der Waals surface area contributed by atoms with Gasteiger partial charge >= 0.3 is 0 Å². The lowest BCUT2D eigenvalue weighted by atomic mass is 9.84. The van der Waals surface area contributed by atoms with Crippen molar-refractivity contribution < 1.29 is 4.42 Å². The standard InChI is InChI=1S/C54H30O/c1-2-10-42-31(5-1)15-27-46-48-30-39(21-28-49(48)55-54(42)46)41-23-20-38(40-22-16-36-13-11-32-6-3-8-34-18-25-44(40)52(36)50(32)34)29-47(41)43-24-17-37-14-12-33-7-4-9-35-19-26-45(43)53(37)51(33)35/h1-30H. The molecule has 13 rings (SSSR count). The topological polar surface area (TPSA) is 13.1 Å². The lowest BCUT2D eigenvalue weighted by Gasteiger charge is -2.19. The molecule has 13 aromatic rings. The summed E-state index contributed by atoms with van der Waals surface area (Å²) in [5.41, 5.74) is 9.15. The highest BCUT2D eigenvalue weighted by atomic mass is 16.3. The lowest BCUT2D eigenvalue weighted by Crippen LogP contribution is -1.92. The Morgan fingerprint density at radius 3 is 1.45 bits per heavy atom. The Morgan fingerprint density at radius 2 is 0.745 bits per heavy atom. The van der Waals surface area contributed by atoms with Crippen molar-refractivity contribution in [2.45, 2.75) is 0 Å². The molecule has 1 aromatic heterocycles. The number of furan rings is 1. The third-order valence-electron chi connectivity index (χ3n) is 12.4. The van der Waals surface area contributed by atoms with Gasteiger partial charge in [-0.3, -0.25) is 0 Å². The van der Waals surface area contributed by atoms with E-state index in [-0.39, 0.29) is 0 Å². The summed E-state index contributed by atoms with van der Waals surface area (Å²) in [6.07, 6.45) is 0. The molecule has 0 aliphatic carbocycles. The van der Waals surface area contributed by atoms with Crippen LogP contribution < -0.4 is 0 Å². The Morgan fingerprint density at radius 1 is 0.255 bits per heavy atom. The fourth-order valence-corrected chi connectivity index (χ4v) is 9.82. The minimum absolute atomic E-state index is 0.907. The van der Waals surface area contributed by atoms with Crippen LogP contribution in [0.3, 0.4) is 0 Å². The minimum Gasteiger partial charge on any atom is -0.455 e. The van der Waals surface area contributed by atoms with Gasteiger partial charge in [-0.1, -0.05) is 158 Å². The Bertz CT molecular complexity index is 3680. The zero-order chi connectivity index (χ0) is 35.8. The predicted octanol–water partition coefficient (Wildman–Crippen LogP) is 15.5. The summed E-state index contributed by atoms with van der Waals surface area (Å²) >= 11 is 0. The summed E-state index contributed by atoms with van der Waals surface area (Å²) in [6, 6.07) is 67.6. The van der Waals surface area contributed by atoms with E-state index in [0.29, 0.717) is 0 Å². The van der Waals surface area contributed by atoms with E-state index in [1.165, 1.54) is 103 Å². The summed E-state index contributed by atoms with van der Waals surface area (Å²) in [4.78, 5) is 0. The molecule has 0 radical (unpaired) electrons. The molecule has 0 aliphatic rings. The zero-order valence-corrected chi connectivity index (χ0v) is 29.7. The first-order valence-electron chi connectivity index (χ1n) is 19.1. The molecular formula is C54H30O. The molecule has 0 spiro atoms. The maximum Gasteiger partial charge on any atom is 0.143 e. The van der Waals surface area contributed by atoms with Gasteiger partial charge in [0.15, 0.2) is 0 Å². The van der Waals surface area contributed by atoms with Crippen molar-refractivity contribution >= 4 is 97.3 Å². The third-order valence-corrected chi connectivity index (χ3v) is 12.4. The van der Waals surface area contributed by atoms with E-state index < -0.39 is 0 Å². The number of hydrogen-bond acceptors (Lipinski definition) is 1. The molecule has 1 heteroatoms. The molecule has 0 N–H and O–H groups in total. The van der Waals surface area contributed by atoms with Gasteiger partial charge in [-0.15, -0.1) is 0 Å². The van der Waals surface area contributed by atoms with Crippen molar-refractivity contribution in [3.63, 3.8) is 0 Å². The molecule has 0 unspecified atom stereocenters. The summed E-state index contributed by atoms with van der Waals surface area (Å²) in [6.45, 7) is 0. The summed E-state index contributed by atoms with van der Waals surface area (Å²) in [5, 5.41) is 20.2. The van der Waals surface area contributed by atoms with E-state index in [9.17, 15) is 0 Å². The quantitative estimate of drug-likeness (QED) is 0.168. The molecule has 0 saturated heterocycles. The van der Waals surface area contributed by atoms with Gasteiger partial charge in [-0.2, -0.15) is 0 Å². The second-order valence-corrected chi connectivity index (χ2v) is 15.2. The number of fused-ring (bicyclic) bond motifs is 5. The molecule has 0 fully saturated rings. The van der Waals surface area contributed by atoms with Gasteiger partial charge in [0.2, 0.25) is 0 Å². The van der Waals surface area contributed by atoms with E-state index in [1.807, 2.05) is 0 Å². The minimum atomic E-state index is 0.907. The van der Waals surface area contributed by atoms with Crippen LogP contribution in [0, 0.1) is 0 Å². The third kappa shape index (κ3) is 4.02. The molecule has 12 aromatic carbocycles. The van der Waals surface area contributed by atoms with Crippen molar-refractivity contribution in [3.8, 4) is 33.4 Å². The monoisotopic (exact) mass is 694 g/mol. The largest absolute Gasteiger partial charge is 0.455 e. The van der Waals surface area contributed by atoms with E-state index in [4.69, 9.17) is 4.42 Å². The average molecular weight is 695 g/mol. The van der Waals surface area contributed by atoms with E-state index in [1.54, 1.807) is 0 Å². The Labute approximate surface area is 315 Å². The molecule has 0 atom stereocenters. The Kier molecular flexibility index (Phi) is 5.69. The van der Waals surface area contributed by atoms with Gasteiger partial charge < -0.3 is 4.42 Å².